The second kappa shape index (κ2) is 6.23. The van der Waals surface area contributed by atoms with Gasteiger partial charge in [-0.2, -0.15) is 0 Å². The number of hydrogen-bond acceptors (Lipinski definition) is 4. The zero-order valence-electron chi connectivity index (χ0n) is 13.8. The van der Waals surface area contributed by atoms with E-state index in [0.29, 0.717) is 17.3 Å². The van der Waals surface area contributed by atoms with Crippen LogP contribution in [0.2, 0.25) is 0 Å². The monoisotopic (exact) mass is 313 g/mol. The van der Waals surface area contributed by atoms with Gasteiger partial charge >= 0.3 is 0 Å². The largest absolute Gasteiger partial charge is 0.397 e. The van der Waals surface area contributed by atoms with Gasteiger partial charge < -0.3 is 11.1 Å². The predicted molar refractivity (Wildman–Crippen MR) is 88.8 cm³/mol. The van der Waals surface area contributed by atoms with E-state index in [9.17, 15) is 8.42 Å². The van der Waals surface area contributed by atoms with Crippen LogP contribution in [0.15, 0.2) is 23.1 Å². The maximum Gasteiger partial charge on any atom is 0.242 e. The van der Waals surface area contributed by atoms with Crippen molar-refractivity contribution in [1.82, 2.24) is 4.31 Å². The minimum Gasteiger partial charge on any atom is -0.397 e. The topological polar surface area (TPSA) is 75.4 Å². The molecule has 6 heteroatoms. The molecule has 0 heterocycles. The van der Waals surface area contributed by atoms with Crippen molar-refractivity contribution in [3.63, 3.8) is 0 Å². The van der Waals surface area contributed by atoms with Crippen molar-refractivity contribution in [1.29, 1.82) is 0 Å². The van der Waals surface area contributed by atoms with Gasteiger partial charge in [-0.05, 0) is 29.5 Å². The van der Waals surface area contributed by atoms with E-state index >= 15 is 0 Å². The number of nitrogens with zero attached hydrogens (tertiary/aromatic N) is 1. The van der Waals surface area contributed by atoms with Crippen molar-refractivity contribution in [3.8, 4) is 0 Å². The molecule has 0 aromatic heterocycles. The summed E-state index contributed by atoms with van der Waals surface area (Å²) in [5.74, 6) is 0.500. The summed E-state index contributed by atoms with van der Waals surface area (Å²) in [7, 11) is -0.419. The van der Waals surface area contributed by atoms with Crippen molar-refractivity contribution < 1.29 is 8.42 Å². The molecule has 0 saturated carbocycles. The average Bonchev–Trinajstić information content (AvgIpc) is 2.37. The van der Waals surface area contributed by atoms with E-state index in [1.165, 1.54) is 24.5 Å². The molecule has 1 rings (SSSR count). The Morgan fingerprint density at radius 1 is 1.29 bits per heavy atom. The third-order valence-electron chi connectivity index (χ3n) is 4.10. The molecule has 0 saturated heterocycles. The van der Waals surface area contributed by atoms with E-state index in [1.807, 2.05) is 0 Å². The van der Waals surface area contributed by atoms with Crippen LogP contribution in [0.3, 0.4) is 0 Å². The Hall–Kier alpha value is -1.27. The highest BCUT2D eigenvalue weighted by atomic mass is 32.2. The van der Waals surface area contributed by atoms with E-state index in [2.05, 4.69) is 33.0 Å². The Morgan fingerprint density at radius 2 is 1.86 bits per heavy atom. The standard InChI is InChI=1S/C15H27N3O2S/c1-11(2)15(3,4)10-17-14-9-12(7-8-13(14)16)21(19,20)18(5)6/h7-9,11,17H,10,16H2,1-6H3. The molecule has 1 aromatic rings. The number of rotatable bonds is 6. The van der Waals surface area contributed by atoms with Crippen LogP contribution >= 0.6 is 0 Å². The van der Waals surface area contributed by atoms with Gasteiger partial charge in [-0.15, -0.1) is 0 Å². The molecule has 0 aliphatic heterocycles. The van der Waals surface area contributed by atoms with Gasteiger partial charge in [0.1, 0.15) is 0 Å². The summed E-state index contributed by atoms with van der Waals surface area (Å²) >= 11 is 0. The zero-order chi connectivity index (χ0) is 16.4. The summed E-state index contributed by atoms with van der Waals surface area (Å²) in [4.78, 5) is 0.242. The van der Waals surface area contributed by atoms with Gasteiger partial charge in [0.05, 0.1) is 16.3 Å². The van der Waals surface area contributed by atoms with Crippen molar-refractivity contribution >= 4 is 21.4 Å². The lowest BCUT2D eigenvalue weighted by molar-refractivity contribution is 0.270. The maximum atomic E-state index is 12.2. The summed E-state index contributed by atoms with van der Waals surface area (Å²) in [6.45, 7) is 9.39. The third-order valence-corrected chi connectivity index (χ3v) is 5.91. The highest BCUT2D eigenvalue weighted by molar-refractivity contribution is 7.89. The number of hydrogen-bond donors (Lipinski definition) is 2. The van der Waals surface area contributed by atoms with Gasteiger partial charge in [0.2, 0.25) is 10.0 Å². The van der Waals surface area contributed by atoms with Gasteiger partial charge in [0.25, 0.3) is 0 Å². The summed E-state index contributed by atoms with van der Waals surface area (Å²) in [5.41, 5.74) is 7.24. The molecule has 0 fully saturated rings. The van der Waals surface area contributed by atoms with E-state index in [0.717, 1.165) is 6.54 Å². The lowest BCUT2D eigenvalue weighted by atomic mass is 9.81. The van der Waals surface area contributed by atoms with Gasteiger partial charge in [-0.3, -0.25) is 0 Å². The summed E-state index contributed by atoms with van der Waals surface area (Å²) < 4.78 is 25.5. The van der Waals surface area contributed by atoms with Crippen LogP contribution in [0.4, 0.5) is 11.4 Å². The molecule has 0 radical (unpaired) electrons. The van der Waals surface area contributed by atoms with E-state index in [1.54, 1.807) is 12.1 Å². The molecule has 1 aromatic carbocycles. The molecule has 0 unspecified atom stereocenters. The number of anilines is 2. The van der Waals surface area contributed by atoms with Crippen LogP contribution in [0.25, 0.3) is 0 Å². The van der Waals surface area contributed by atoms with Gasteiger partial charge in [0, 0.05) is 20.6 Å². The van der Waals surface area contributed by atoms with Crippen LogP contribution in [0, 0.1) is 11.3 Å². The van der Waals surface area contributed by atoms with Crippen LogP contribution in [-0.2, 0) is 10.0 Å². The highest BCUT2D eigenvalue weighted by Crippen LogP contribution is 2.29. The average molecular weight is 313 g/mol. The first-order chi connectivity index (χ1) is 9.48. The molecule has 5 nitrogen and oxygen atoms in total. The fourth-order valence-corrected chi connectivity index (χ4v) is 2.52. The Balaban J connectivity index is 3.05. The SMILES string of the molecule is CC(C)C(C)(C)CNc1cc(S(=O)(=O)N(C)C)ccc1N. The fourth-order valence-electron chi connectivity index (χ4n) is 1.59. The number of nitrogens with one attached hydrogen (secondary N) is 1. The molecule has 3 N–H and O–H groups in total. The third kappa shape index (κ3) is 4.11. The quantitative estimate of drug-likeness (QED) is 0.792. The van der Waals surface area contributed by atoms with Crippen LogP contribution in [-0.4, -0.2) is 33.4 Å². The first-order valence-corrected chi connectivity index (χ1v) is 8.48. The minimum absolute atomic E-state index is 0.0862. The number of benzene rings is 1. The van der Waals surface area contributed by atoms with Crippen LogP contribution in [0.1, 0.15) is 27.7 Å². The first kappa shape index (κ1) is 17.8. The molecular formula is C15H27N3O2S. The van der Waals surface area contributed by atoms with Crippen LogP contribution < -0.4 is 11.1 Å². The second-order valence-electron chi connectivity index (χ2n) is 6.53. The zero-order valence-corrected chi connectivity index (χ0v) is 14.6. The first-order valence-electron chi connectivity index (χ1n) is 7.04. The lowest BCUT2D eigenvalue weighted by Gasteiger charge is -2.30. The lowest BCUT2D eigenvalue weighted by Crippen LogP contribution is -2.29. The minimum atomic E-state index is -3.45. The molecule has 0 aliphatic rings. The van der Waals surface area contributed by atoms with Crippen molar-refractivity contribution in [2.24, 2.45) is 11.3 Å². The second-order valence-corrected chi connectivity index (χ2v) is 8.69. The molecule has 21 heavy (non-hydrogen) atoms. The molecular weight excluding hydrogens is 286 g/mol. The summed E-state index contributed by atoms with van der Waals surface area (Å²) in [5, 5.41) is 3.28. The summed E-state index contributed by atoms with van der Waals surface area (Å²) in [6.07, 6.45) is 0. The van der Waals surface area contributed by atoms with E-state index < -0.39 is 10.0 Å². The van der Waals surface area contributed by atoms with Gasteiger partial charge in [0.15, 0.2) is 0 Å². The number of nitrogen functional groups attached to an aromatic ring is 1. The summed E-state index contributed by atoms with van der Waals surface area (Å²) in [6, 6.07) is 4.76. The van der Waals surface area contributed by atoms with Crippen LogP contribution in [0.5, 0.6) is 0 Å². The highest BCUT2D eigenvalue weighted by Gasteiger charge is 2.23. The number of nitrogens with two attached hydrogens (primary N) is 1. The molecule has 0 atom stereocenters. The Labute approximate surface area is 128 Å². The predicted octanol–water partition coefficient (Wildman–Crippen LogP) is 2.61. The Morgan fingerprint density at radius 3 is 2.33 bits per heavy atom. The van der Waals surface area contributed by atoms with Gasteiger partial charge in [-0.1, -0.05) is 27.7 Å². The molecule has 0 spiro atoms. The molecule has 120 valence electrons. The molecule has 0 amide bonds. The molecule has 0 bridgehead atoms. The normalized spacial score (nSPS) is 13.0. The van der Waals surface area contributed by atoms with E-state index in [4.69, 9.17) is 5.73 Å². The molecule has 0 aliphatic carbocycles. The van der Waals surface area contributed by atoms with Crippen molar-refractivity contribution in [3.05, 3.63) is 18.2 Å². The Kier molecular flexibility index (Phi) is 5.28. The van der Waals surface area contributed by atoms with Crippen molar-refractivity contribution in [2.45, 2.75) is 32.6 Å². The fraction of sp³-hybridized carbons (Fsp3) is 0.600. The van der Waals surface area contributed by atoms with Crippen molar-refractivity contribution in [2.75, 3.05) is 31.7 Å². The van der Waals surface area contributed by atoms with Gasteiger partial charge in [-0.25, -0.2) is 12.7 Å². The smallest absolute Gasteiger partial charge is 0.242 e. The number of sulfonamides is 1. The van der Waals surface area contributed by atoms with E-state index in [-0.39, 0.29) is 10.3 Å². The maximum absolute atomic E-state index is 12.2. The Bertz CT molecular complexity index is 593.